The smallest absolute Gasteiger partial charge is 0.253 e. The number of para-hydroxylation sites is 1. The van der Waals surface area contributed by atoms with Crippen molar-refractivity contribution in [2.75, 3.05) is 5.73 Å². The second-order valence-corrected chi connectivity index (χ2v) is 5.13. The van der Waals surface area contributed by atoms with Gasteiger partial charge in [0.2, 0.25) is 5.91 Å². The maximum atomic E-state index is 13.3. The number of carbonyl (C=O) groups is 2. The van der Waals surface area contributed by atoms with E-state index in [9.17, 15) is 14.0 Å². The van der Waals surface area contributed by atoms with Crippen molar-refractivity contribution < 1.29 is 14.0 Å². The van der Waals surface area contributed by atoms with Gasteiger partial charge < -0.3 is 16.8 Å². The highest BCUT2D eigenvalue weighted by Crippen LogP contribution is 2.24. The maximum absolute atomic E-state index is 13.3. The van der Waals surface area contributed by atoms with Gasteiger partial charge in [0.15, 0.2) is 0 Å². The highest BCUT2D eigenvalue weighted by molar-refractivity contribution is 5.99. The molecule has 0 aromatic heterocycles. The van der Waals surface area contributed by atoms with Crippen LogP contribution in [0.5, 0.6) is 0 Å². The molecule has 0 bridgehead atoms. The topological polar surface area (TPSA) is 98.2 Å². The Bertz CT molecular complexity index is 525. The van der Waals surface area contributed by atoms with Crippen LogP contribution in [-0.2, 0) is 4.79 Å². The number of nitrogens with two attached hydrogens (primary N) is 2. The molecule has 5 N–H and O–H groups in total. The Morgan fingerprint density at radius 1 is 1.20 bits per heavy atom. The first kappa shape index (κ1) is 14.3. The molecule has 0 radical (unpaired) electrons. The Balaban J connectivity index is 1.96. The fourth-order valence-corrected chi connectivity index (χ4v) is 2.52. The molecule has 2 amide bonds. The summed E-state index contributed by atoms with van der Waals surface area (Å²) in [6, 6.07) is 4.12. The number of halogens is 1. The molecule has 1 aromatic rings. The molecule has 0 saturated heterocycles. The number of anilines is 1. The lowest BCUT2D eigenvalue weighted by Crippen LogP contribution is -2.40. The summed E-state index contributed by atoms with van der Waals surface area (Å²) in [5, 5.41) is 2.82. The van der Waals surface area contributed by atoms with Gasteiger partial charge in [-0.15, -0.1) is 0 Å². The third-order valence-electron chi connectivity index (χ3n) is 3.76. The first-order valence-electron chi connectivity index (χ1n) is 6.63. The van der Waals surface area contributed by atoms with Crippen molar-refractivity contribution in [1.29, 1.82) is 0 Å². The standard InChI is InChI=1S/C14H18FN3O2/c15-11-3-1-2-10(12(11)16)14(20)18-9-6-4-8(5-7-9)13(17)19/h1-3,8-9H,4-7,16H2,(H2,17,19)(H,18,20). The molecule has 0 heterocycles. The molecule has 6 heteroatoms. The number of carbonyl (C=O) groups excluding carboxylic acids is 2. The number of rotatable bonds is 3. The summed E-state index contributed by atoms with van der Waals surface area (Å²) in [5.74, 6) is -1.38. The van der Waals surface area contributed by atoms with Crippen LogP contribution in [0, 0.1) is 11.7 Å². The molecule has 1 aliphatic carbocycles. The molecular weight excluding hydrogens is 261 g/mol. The zero-order valence-corrected chi connectivity index (χ0v) is 11.1. The SMILES string of the molecule is NC(=O)C1CCC(NC(=O)c2cccc(F)c2N)CC1. The zero-order chi connectivity index (χ0) is 14.7. The molecule has 0 unspecified atom stereocenters. The zero-order valence-electron chi connectivity index (χ0n) is 11.1. The molecule has 0 spiro atoms. The Kier molecular flexibility index (Phi) is 4.22. The van der Waals surface area contributed by atoms with Crippen LogP contribution in [0.3, 0.4) is 0 Å². The van der Waals surface area contributed by atoms with Gasteiger partial charge in [-0.1, -0.05) is 6.07 Å². The van der Waals surface area contributed by atoms with Crippen LogP contribution in [0.1, 0.15) is 36.0 Å². The van der Waals surface area contributed by atoms with E-state index in [-0.39, 0.29) is 35.0 Å². The van der Waals surface area contributed by atoms with E-state index in [0.29, 0.717) is 25.7 Å². The molecule has 0 aliphatic heterocycles. The normalized spacial score (nSPS) is 22.2. The summed E-state index contributed by atoms with van der Waals surface area (Å²) in [6.45, 7) is 0. The predicted octanol–water partition coefficient (Wildman–Crippen LogP) is 1.18. The molecular formula is C14H18FN3O2. The number of nitrogens with one attached hydrogen (secondary N) is 1. The van der Waals surface area contributed by atoms with Crippen molar-refractivity contribution >= 4 is 17.5 Å². The number of nitrogen functional groups attached to an aromatic ring is 1. The summed E-state index contributed by atoms with van der Waals surface area (Å²) >= 11 is 0. The van der Waals surface area contributed by atoms with Gasteiger partial charge in [-0.2, -0.15) is 0 Å². The first-order valence-corrected chi connectivity index (χ1v) is 6.63. The van der Waals surface area contributed by atoms with Crippen LogP contribution in [0.2, 0.25) is 0 Å². The Morgan fingerprint density at radius 3 is 2.45 bits per heavy atom. The Morgan fingerprint density at radius 2 is 1.85 bits per heavy atom. The van der Waals surface area contributed by atoms with Crippen LogP contribution in [0.25, 0.3) is 0 Å². The molecule has 108 valence electrons. The van der Waals surface area contributed by atoms with E-state index in [2.05, 4.69) is 5.32 Å². The van der Waals surface area contributed by atoms with Gasteiger partial charge in [0.25, 0.3) is 5.91 Å². The summed E-state index contributed by atoms with van der Waals surface area (Å²) in [6.07, 6.45) is 2.71. The van der Waals surface area contributed by atoms with E-state index in [1.807, 2.05) is 0 Å². The van der Waals surface area contributed by atoms with Crippen LogP contribution in [-0.4, -0.2) is 17.9 Å². The van der Waals surface area contributed by atoms with Gasteiger partial charge in [-0.25, -0.2) is 4.39 Å². The molecule has 20 heavy (non-hydrogen) atoms. The third-order valence-corrected chi connectivity index (χ3v) is 3.76. The molecule has 1 aliphatic rings. The summed E-state index contributed by atoms with van der Waals surface area (Å²) < 4.78 is 13.3. The summed E-state index contributed by atoms with van der Waals surface area (Å²) in [7, 11) is 0. The third kappa shape index (κ3) is 3.07. The van der Waals surface area contributed by atoms with Crippen LogP contribution >= 0.6 is 0 Å². The Labute approximate surface area is 116 Å². The van der Waals surface area contributed by atoms with Gasteiger partial charge in [0.1, 0.15) is 5.82 Å². The van der Waals surface area contributed by atoms with Crippen molar-refractivity contribution in [3.8, 4) is 0 Å². The van der Waals surface area contributed by atoms with E-state index < -0.39 is 5.82 Å². The van der Waals surface area contributed by atoms with E-state index in [1.54, 1.807) is 0 Å². The van der Waals surface area contributed by atoms with Gasteiger partial charge in [-0.3, -0.25) is 9.59 Å². The van der Waals surface area contributed by atoms with Crippen LogP contribution in [0.4, 0.5) is 10.1 Å². The molecule has 1 saturated carbocycles. The van der Waals surface area contributed by atoms with Gasteiger partial charge >= 0.3 is 0 Å². The molecule has 1 aromatic carbocycles. The monoisotopic (exact) mass is 279 g/mol. The highest BCUT2D eigenvalue weighted by Gasteiger charge is 2.26. The number of hydrogen-bond acceptors (Lipinski definition) is 3. The molecule has 1 fully saturated rings. The molecule has 2 rings (SSSR count). The lowest BCUT2D eigenvalue weighted by Gasteiger charge is -2.27. The number of primary amides is 1. The summed E-state index contributed by atoms with van der Waals surface area (Å²) in [4.78, 5) is 23.1. The van der Waals surface area contributed by atoms with E-state index in [1.165, 1.54) is 18.2 Å². The molecule has 5 nitrogen and oxygen atoms in total. The molecule has 0 atom stereocenters. The number of amides is 2. The van der Waals surface area contributed by atoms with Crippen molar-refractivity contribution in [2.45, 2.75) is 31.7 Å². The van der Waals surface area contributed by atoms with Crippen molar-refractivity contribution in [1.82, 2.24) is 5.32 Å². The number of hydrogen-bond donors (Lipinski definition) is 3. The van der Waals surface area contributed by atoms with Crippen LogP contribution in [0.15, 0.2) is 18.2 Å². The van der Waals surface area contributed by atoms with Crippen LogP contribution < -0.4 is 16.8 Å². The lowest BCUT2D eigenvalue weighted by molar-refractivity contribution is -0.122. The maximum Gasteiger partial charge on any atom is 0.253 e. The van der Waals surface area contributed by atoms with Gasteiger partial charge in [0.05, 0.1) is 11.3 Å². The quantitative estimate of drug-likeness (QED) is 0.724. The van der Waals surface area contributed by atoms with E-state index >= 15 is 0 Å². The number of benzene rings is 1. The van der Waals surface area contributed by atoms with Crippen molar-refractivity contribution in [3.05, 3.63) is 29.6 Å². The van der Waals surface area contributed by atoms with Crippen molar-refractivity contribution in [3.63, 3.8) is 0 Å². The largest absolute Gasteiger partial charge is 0.396 e. The fourth-order valence-electron chi connectivity index (χ4n) is 2.52. The second-order valence-electron chi connectivity index (χ2n) is 5.13. The predicted molar refractivity (Wildman–Crippen MR) is 73.2 cm³/mol. The average Bonchev–Trinajstić information content (AvgIpc) is 2.42. The minimum atomic E-state index is -0.602. The van der Waals surface area contributed by atoms with E-state index in [4.69, 9.17) is 11.5 Å². The lowest BCUT2D eigenvalue weighted by atomic mass is 9.85. The summed E-state index contributed by atoms with van der Waals surface area (Å²) in [5.41, 5.74) is 10.8. The second kappa shape index (κ2) is 5.90. The van der Waals surface area contributed by atoms with Crippen molar-refractivity contribution in [2.24, 2.45) is 11.7 Å². The van der Waals surface area contributed by atoms with Gasteiger partial charge in [-0.05, 0) is 37.8 Å². The Hall–Kier alpha value is -2.11. The minimum Gasteiger partial charge on any atom is -0.396 e. The average molecular weight is 279 g/mol. The minimum absolute atomic E-state index is 0.0271. The van der Waals surface area contributed by atoms with Gasteiger partial charge in [0, 0.05) is 12.0 Å². The highest BCUT2D eigenvalue weighted by atomic mass is 19.1. The fraction of sp³-hybridized carbons (Fsp3) is 0.429. The first-order chi connectivity index (χ1) is 9.49. The van der Waals surface area contributed by atoms with E-state index in [0.717, 1.165) is 0 Å².